The van der Waals surface area contributed by atoms with Crippen LogP contribution in [0.2, 0.25) is 0 Å². The van der Waals surface area contributed by atoms with Crippen LogP contribution in [0, 0.1) is 0 Å². The molecule has 0 aliphatic carbocycles. The molecule has 1 aromatic heterocycles. The minimum absolute atomic E-state index is 0.254. The summed E-state index contributed by atoms with van der Waals surface area (Å²) in [5, 5.41) is 5.02. The smallest absolute Gasteiger partial charge is 0.271 e. The third kappa shape index (κ3) is 1.76. The molecule has 17 heavy (non-hydrogen) atoms. The van der Waals surface area contributed by atoms with Crippen molar-refractivity contribution in [1.82, 2.24) is 9.78 Å². The molecular weight excluding hydrogens is 214 g/mol. The Balaban J connectivity index is 2.54. The Kier molecular flexibility index (Phi) is 2.81. The molecule has 0 amide bonds. The molecule has 0 aliphatic heterocycles. The van der Waals surface area contributed by atoms with Crippen molar-refractivity contribution in [2.45, 2.75) is 18.9 Å². The second-order valence-corrected chi connectivity index (χ2v) is 4.02. The van der Waals surface area contributed by atoms with E-state index < -0.39 is 5.54 Å². The molecule has 1 atom stereocenters. The molecule has 2 aromatic rings. The van der Waals surface area contributed by atoms with Crippen LogP contribution < -0.4 is 5.73 Å². The quantitative estimate of drug-likeness (QED) is 0.818. The third-order valence-electron chi connectivity index (χ3n) is 3.02. The van der Waals surface area contributed by atoms with Crippen LogP contribution in [0.4, 0.5) is 0 Å². The van der Waals surface area contributed by atoms with Crippen molar-refractivity contribution in [2.75, 3.05) is 0 Å². The SMILES string of the molecule is C=C[C@](N)(CC)C(=O)n1ncc2ccccc21. The summed E-state index contributed by atoms with van der Waals surface area (Å²) >= 11 is 0. The van der Waals surface area contributed by atoms with Gasteiger partial charge in [-0.3, -0.25) is 4.79 Å². The lowest BCUT2D eigenvalue weighted by molar-refractivity contribution is 0.0821. The second-order valence-electron chi connectivity index (χ2n) is 4.02. The van der Waals surface area contributed by atoms with Crippen molar-refractivity contribution < 1.29 is 4.79 Å². The number of fused-ring (bicyclic) bond motifs is 1. The summed E-state index contributed by atoms with van der Waals surface area (Å²) in [6.07, 6.45) is 3.63. The number of benzene rings is 1. The summed E-state index contributed by atoms with van der Waals surface area (Å²) in [5.41, 5.74) is 5.70. The molecular formula is C13H15N3O. The van der Waals surface area contributed by atoms with E-state index in [1.807, 2.05) is 31.2 Å². The highest BCUT2D eigenvalue weighted by atomic mass is 16.2. The van der Waals surface area contributed by atoms with Crippen LogP contribution in [0.5, 0.6) is 0 Å². The van der Waals surface area contributed by atoms with E-state index >= 15 is 0 Å². The highest BCUT2D eigenvalue weighted by molar-refractivity contribution is 5.96. The number of para-hydroxylation sites is 1. The Labute approximate surface area is 99.7 Å². The van der Waals surface area contributed by atoms with Gasteiger partial charge < -0.3 is 5.73 Å². The maximum absolute atomic E-state index is 12.3. The summed E-state index contributed by atoms with van der Waals surface area (Å²) < 4.78 is 1.35. The normalized spacial score (nSPS) is 14.5. The molecule has 2 rings (SSSR count). The van der Waals surface area contributed by atoms with E-state index in [2.05, 4.69) is 11.7 Å². The second kappa shape index (κ2) is 4.14. The molecule has 0 unspecified atom stereocenters. The van der Waals surface area contributed by atoms with Gasteiger partial charge in [-0.1, -0.05) is 31.2 Å². The van der Waals surface area contributed by atoms with Gasteiger partial charge in [0.05, 0.1) is 11.7 Å². The van der Waals surface area contributed by atoms with Crippen LogP contribution in [-0.2, 0) is 0 Å². The van der Waals surface area contributed by atoms with Gasteiger partial charge in [0.15, 0.2) is 0 Å². The number of hydrogen-bond donors (Lipinski definition) is 1. The minimum Gasteiger partial charge on any atom is -0.314 e. The van der Waals surface area contributed by atoms with E-state index in [0.717, 1.165) is 10.9 Å². The molecule has 4 nitrogen and oxygen atoms in total. The lowest BCUT2D eigenvalue weighted by atomic mass is 9.97. The van der Waals surface area contributed by atoms with Crippen molar-refractivity contribution in [3.63, 3.8) is 0 Å². The predicted molar refractivity (Wildman–Crippen MR) is 67.8 cm³/mol. The lowest BCUT2D eigenvalue weighted by Gasteiger charge is -2.21. The van der Waals surface area contributed by atoms with E-state index in [9.17, 15) is 4.79 Å². The largest absolute Gasteiger partial charge is 0.314 e. The number of rotatable bonds is 3. The van der Waals surface area contributed by atoms with Crippen LogP contribution >= 0.6 is 0 Å². The zero-order chi connectivity index (χ0) is 12.5. The van der Waals surface area contributed by atoms with Gasteiger partial charge in [-0.25, -0.2) is 0 Å². The minimum atomic E-state index is -1.06. The van der Waals surface area contributed by atoms with Crippen LogP contribution in [0.15, 0.2) is 43.1 Å². The fourth-order valence-corrected chi connectivity index (χ4v) is 1.71. The maximum Gasteiger partial charge on any atom is 0.271 e. The van der Waals surface area contributed by atoms with E-state index in [0.29, 0.717) is 6.42 Å². The van der Waals surface area contributed by atoms with E-state index in [4.69, 9.17) is 5.73 Å². The average Bonchev–Trinajstić information content (AvgIpc) is 2.80. The van der Waals surface area contributed by atoms with Gasteiger partial charge in [0.2, 0.25) is 0 Å². The average molecular weight is 229 g/mol. The number of nitrogens with two attached hydrogens (primary N) is 1. The molecule has 1 heterocycles. The fraction of sp³-hybridized carbons (Fsp3) is 0.231. The number of aromatic nitrogens is 2. The van der Waals surface area contributed by atoms with Gasteiger partial charge >= 0.3 is 0 Å². The predicted octanol–water partition coefficient (Wildman–Crippen LogP) is 1.97. The fourth-order valence-electron chi connectivity index (χ4n) is 1.71. The van der Waals surface area contributed by atoms with Crippen molar-refractivity contribution >= 4 is 16.8 Å². The van der Waals surface area contributed by atoms with E-state index in [-0.39, 0.29) is 5.91 Å². The van der Waals surface area contributed by atoms with Gasteiger partial charge in [-0.15, -0.1) is 6.58 Å². The number of carbonyl (C=O) groups excluding carboxylic acids is 1. The first kappa shape index (κ1) is 11.5. The molecule has 0 bridgehead atoms. The Morgan fingerprint density at radius 1 is 1.59 bits per heavy atom. The lowest BCUT2D eigenvalue weighted by Crippen LogP contribution is -2.48. The highest BCUT2D eigenvalue weighted by Gasteiger charge is 2.31. The zero-order valence-electron chi connectivity index (χ0n) is 9.76. The van der Waals surface area contributed by atoms with Crippen molar-refractivity contribution in [1.29, 1.82) is 0 Å². The van der Waals surface area contributed by atoms with Crippen molar-refractivity contribution in [3.05, 3.63) is 43.1 Å². The van der Waals surface area contributed by atoms with Crippen LogP contribution in [0.1, 0.15) is 18.1 Å². The van der Waals surface area contributed by atoms with Gasteiger partial charge in [0.25, 0.3) is 5.91 Å². The molecule has 2 N–H and O–H groups in total. The standard InChI is InChI=1S/C13H15N3O/c1-3-13(14,4-2)12(17)16-11-8-6-5-7-10(11)9-15-16/h3,5-9H,1,4,14H2,2H3/t13-/m0/s1. The van der Waals surface area contributed by atoms with Gasteiger partial charge in [-0.05, 0) is 12.5 Å². The van der Waals surface area contributed by atoms with Crippen LogP contribution in [-0.4, -0.2) is 21.2 Å². The van der Waals surface area contributed by atoms with Gasteiger partial charge in [0.1, 0.15) is 5.54 Å². The first-order valence-corrected chi connectivity index (χ1v) is 5.52. The molecule has 0 radical (unpaired) electrons. The Hall–Kier alpha value is -1.94. The topological polar surface area (TPSA) is 60.9 Å². The first-order chi connectivity index (χ1) is 8.12. The zero-order valence-corrected chi connectivity index (χ0v) is 9.76. The summed E-state index contributed by atoms with van der Waals surface area (Å²) in [6, 6.07) is 7.53. The maximum atomic E-state index is 12.3. The molecule has 0 spiro atoms. The highest BCUT2D eigenvalue weighted by Crippen LogP contribution is 2.17. The number of hydrogen-bond acceptors (Lipinski definition) is 3. The van der Waals surface area contributed by atoms with Crippen LogP contribution in [0.25, 0.3) is 10.9 Å². The van der Waals surface area contributed by atoms with E-state index in [1.54, 1.807) is 6.20 Å². The Morgan fingerprint density at radius 3 is 2.94 bits per heavy atom. The van der Waals surface area contributed by atoms with Gasteiger partial charge in [0, 0.05) is 5.39 Å². The van der Waals surface area contributed by atoms with Crippen LogP contribution in [0.3, 0.4) is 0 Å². The molecule has 1 aromatic carbocycles. The third-order valence-corrected chi connectivity index (χ3v) is 3.02. The van der Waals surface area contributed by atoms with Gasteiger partial charge in [-0.2, -0.15) is 9.78 Å². The van der Waals surface area contributed by atoms with E-state index in [1.165, 1.54) is 10.8 Å². The molecule has 4 heteroatoms. The Morgan fingerprint density at radius 2 is 2.29 bits per heavy atom. The van der Waals surface area contributed by atoms with Crippen molar-refractivity contribution in [2.24, 2.45) is 5.73 Å². The summed E-state index contributed by atoms with van der Waals surface area (Å²) in [7, 11) is 0. The Bertz CT molecular complexity index is 573. The molecule has 0 saturated heterocycles. The monoisotopic (exact) mass is 229 g/mol. The summed E-state index contributed by atoms with van der Waals surface area (Å²) in [4.78, 5) is 12.3. The molecule has 0 aliphatic rings. The summed E-state index contributed by atoms with van der Waals surface area (Å²) in [6.45, 7) is 5.48. The number of carbonyl (C=O) groups is 1. The molecule has 0 fully saturated rings. The van der Waals surface area contributed by atoms with Crippen molar-refractivity contribution in [3.8, 4) is 0 Å². The first-order valence-electron chi connectivity index (χ1n) is 5.52. The number of nitrogens with zero attached hydrogens (tertiary/aromatic N) is 2. The summed E-state index contributed by atoms with van der Waals surface area (Å²) in [5.74, 6) is -0.254. The molecule has 0 saturated carbocycles. The molecule has 88 valence electrons.